The topological polar surface area (TPSA) is 66.5 Å². The third-order valence-electron chi connectivity index (χ3n) is 4.69. The first-order chi connectivity index (χ1) is 13.6. The van der Waals surface area contributed by atoms with Gasteiger partial charge in [0, 0.05) is 24.0 Å². The number of anilines is 1. The molecule has 0 aliphatic heterocycles. The lowest BCUT2D eigenvalue weighted by Gasteiger charge is -2.19. The number of unbranched alkanes of at least 4 members (excludes halogenated alkanes) is 3. The Morgan fingerprint density at radius 1 is 1.21 bits per heavy atom. The van der Waals surface area contributed by atoms with Crippen LogP contribution in [-0.2, 0) is 6.54 Å². The van der Waals surface area contributed by atoms with Crippen LogP contribution in [0.5, 0.6) is 11.5 Å². The van der Waals surface area contributed by atoms with Crippen molar-refractivity contribution >= 4 is 16.6 Å². The van der Waals surface area contributed by atoms with Crippen molar-refractivity contribution < 1.29 is 9.47 Å². The molecule has 0 radical (unpaired) electrons. The number of hydrogen-bond acceptors (Lipinski definition) is 4. The van der Waals surface area contributed by atoms with E-state index in [9.17, 15) is 4.79 Å². The highest BCUT2D eigenvalue weighted by Gasteiger charge is 2.20. The zero-order valence-corrected chi connectivity index (χ0v) is 17.3. The monoisotopic (exact) mass is 384 g/mol. The van der Waals surface area contributed by atoms with E-state index in [4.69, 9.17) is 15.2 Å². The Morgan fingerprint density at radius 3 is 2.64 bits per heavy atom. The minimum atomic E-state index is -0.196. The van der Waals surface area contributed by atoms with Crippen molar-refractivity contribution in [1.29, 1.82) is 0 Å². The van der Waals surface area contributed by atoms with Crippen LogP contribution in [-0.4, -0.2) is 11.2 Å². The standard InChI is InChI=1S/C23H32N2O3/c1-5-9-10-11-14-25-20-16-17(24)12-13-19(20)21(28-18(7-3)8-4)22(23(25)26)27-15-6-2/h6-7,12-13,16H,2,5,8-11,14-15,24H2,1,3-4H3. The summed E-state index contributed by atoms with van der Waals surface area (Å²) in [5.41, 5.74) is 7.22. The molecule has 0 bridgehead atoms. The second-order valence-electron chi connectivity index (χ2n) is 6.76. The molecule has 1 aromatic heterocycles. The van der Waals surface area contributed by atoms with E-state index >= 15 is 0 Å². The number of nitrogens with zero attached hydrogens (tertiary/aromatic N) is 1. The number of benzene rings is 1. The third-order valence-corrected chi connectivity index (χ3v) is 4.69. The summed E-state index contributed by atoms with van der Waals surface area (Å²) in [4.78, 5) is 13.3. The molecule has 1 heterocycles. The summed E-state index contributed by atoms with van der Waals surface area (Å²) in [7, 11) is 0. The summed E-state index contributed by atoms with van der Waals surface area (Å²) in [5.74, 6) is 1.45. The number of rotatable bonds is 11. The molecule has 0 saturated heterocycles. The van der Waals surface area contributed by atoms with E-state index in [1.54, 1.807) is 10.6 Å². The van der Waals surface area contributed by atoms with Gasteiger partial charge in [-0.1, -0.05) is 45.8 Å². The lowest BCUT2D eigenvalue weighted by atomic mass is 10.1. The third kappa shape index (κ3) is 4.97. The van der Waals surface area contributed by atoms with Crippen LogP contribution in [0.15, 0.2) is 47.5 Å². The Hall–Kier alpha value is -2.69. The number of nitrogen functional groups attached to an aromatic ring is 1. The number of fused-ring (bicyclic) bond motifs is 1. The fraction of sp³-hybridized carbons (Fsp3) is 0.435. The Balaban J connectivity index is 2.67. The maximum Gasteiger partial charge on any atom is 0.297 e. The van der Waals surface area contributed by atoms with Gasteiger partial charge in [-0.15, -0.1) is 0 Å². The van der Waals surface area contributed by atoms with Gasteiger partial charge in [-0.2, -0.15) is 0 Å². The number of nitrogens with two attached hydrogens (primary N) is 1. The van der Waals surface area contributed by atoms with E-state index in [1.165, 1.54) is 0 Å². The van der Waals surface area contributed by atoms with Crippen LogP contribution in [0, 0.1) is 0 Å². The first-order valence-electron chi connectivity index (χ1n) is 10.1. The van der Waals surface area contributed by atoms with Crippen molar-refractivity contribution in [3.63, 3.8) is 0 Å². The van der Waals surface area contributed by atoms with Crippen LogP contribution in [0.25, 0.3) is 10.9 Å². The molecule has 2 aromatic rings. The molecule has 0 spiro atoms. The van der Waals surface area contributed by atoms with Gasteiger partial charge >= 0.3 is 0 Å². The maximum absolute atomic E-state index is 13.3. The lowest BCUT2D eigenvalue weighted by molar-refractivity contribution is 0.321. The molecule has 2 rings (SSSR count). The van der Waals surface area contributed by atoms with E-state index in [1.807, 2.05) is 38.1 Å². The molecular weight excluding hydrogens is 352 g/mol. The fourth-order valence-electron chi connectivity index (χ4n) is 3.17. The highest BCUT2D eigenvalue weighted by atomic mass is 16.5. The second-order valence-corrected chi connectivity index (χ2v) is 6.76. The number of pyridine rings is 1. The lowest BCUT2D eigenvalue weighted by Crippen LogP contribution is -2.24. The Labute approximate surface area is 167 Å². The van der Waals surface area contributed by atoms with Gasteiger partial charge in [0.05, 0.1) is 11.3 Å². The molecule has 28 heavy (non-hydrogen) atoms. The number of aryl methyl sites for hydroxylation is 1. The van der Waals surface area contributed by atoms with Crippen LogP contribution >= 0.6 is 0 Å². The highest BCUT2D eigenvalue weighted by Crippen LogP contribution is 2.35. The van der Waals surface area contributed by atoms with Crippen molar-refractivity contribution in [2.24, 2.45) is 0 Å². The highest BCUT2D eigenvalue weighted by molar-refractivity contribution is 5.90. The molecule has 0 aliphatic carbocycles. The Kier molecular flexibility index (Phi) is 8.18. The molecule has 0 aliphatic rings. The molecule has 2 N–H and O–H groups in total. The summed E-state index contributed by atoms with van der Waals surface area (Å²) in [6, 6.07) is 5.55. The van der Waals surface area contributed by atoms with Gasteiger partial charge in [-0.05, 0) is 37.6 Å². The number of allylic oxidation sites excluding steroid dienone is 2. The zero-order chi connectivity index (χ0) is 20.5. The number of aromatic nitrogens is 1. The quantitative estimate of drug-likeness (QED) is 0.243. The minimum absolute atomic E-state index is 0.196. The van der Waals surface area contributed by atoms with Gasteiger partial charge in [0.25, 0.3) is 5.56 Å². The maximum atomic E-state index is 13.3. The summed E-state index contributed by atoms with van der Waals surface area (Å²) in [6.45, 7) is 10.6. The zero-order valence-electron chi connectivity index (χ0n) is 17.3. The predicted octanol–water partition coefficient (Wildman–Crippen LogP) is 5.42. The summed E-state index contributed by atoms with van der Waals surface area (Å²) in [5, 5.41) is 0.816. The van der Waals surface area contributed by atoms with E-state index in [0.29, 0.717) is 24.4 Å². The normalized spacial score (nSPS) is 11.6. The Morgan fingerprint density at radius 2 is 2.00 bits per heavy atom. The largest absolute Gasteiger partial charge is 0.481 e. The van der Waals surface area contributed by atoms with Crippen LogP contribution in [0.1, 0.15) is 52.9 Å². The fourth-order valence-corrected chi connectivity index (χ4v) is 3.17. The van der Waals surface area contributed by atoms with Crippen molar-refractivity contribution in [2.45, 2.75) is 59.4 Å². The molecule has 0 fully saturated rings. The summed E-state index contributed by atoms with van der Waals surface area (Å²) in [6.07, 6.45) is 8.53. The molecule has 5 heteroatoms. The minimum Gasteiger partial charge on any atom is -0.481 e. The van der Waals surface area contributed by atoms with E-state index in [-0.39, 0.29) is 17.9 Å². The van der Waals surface area contributed by atoms with Gasteiger partial charge < -0.3 is 19.8 Å². The molecular formula is C23H32N2O3. The average Bonchev–Trinajstić information content (AvgIpc) is 2.70. The summed E-state index contributed by atoms with van der Waals surface area (Å²) >= 11 is 0. The van der Waals surface area contributed by atoms with Crippen molar-refractivity contribution in [1.82, 2.24) is 4.57 Å². The second kappa shape index (κ2) is 10.6. The van der Waals surface area contributed by atoms with Crippen molar-refractivity contribution in [3.8, 4) is 11.5 Å². The first kappa shape index (κ1) is 21.6. The summed E-state index contributed by atoms with van der Waals surface area (Å²) < 4.78 is 13.7. The smallest absolute Gasteiger partial charge is 0.297 e. The Bertz CT molecular complexity index is 897. The number of ether oxygens (including phenoxy) is 2. The van der Waals surface area contributed by atoms with E-state index in [0.717, 1.165) is 42.3 Å². The molecule has 0 saturated carbocycles. The molecule has 152 valence electrons. The first-order valence-corrected chi connectivity index (χ1v) is 10.1. The molecule has 0 amide bonds. The van der Waals surface area contributed by atoms with Crippen molar-refractivity contribution in [2.75, 3.05) is 12.3 Å². The van der Waals surface area contributed by atoms with Gasteiger partial charge in [-0.3, -0.25) is 4.79 Å². The van der Waals surface area contributed by atoms with E-state index < -0.39 is 0 Å². The van der Waals surface area contributed by atoms with Crippen LogP contribution in [0.3, 0.4) is 0 Å². The predicted molar refractivity (Wildman–Crippen MR) is 117 cm³/mol. The molecule has 0 atom stereocenters. The van der Waals surface area contributed by atoms with Gasteiger partial charge in [0.1, 0.15) is 6.61 Å². The van der Waals surface area contributed by atoms with Gasteiger partial charge in [-0.25, -0.2) is 0 Å². The van der Waals surface area contributed by atoms with Crippen molar-refractivity contribution in [3.05, 3.63) is 53.0 Å². The molecule has 1 aromatic carbocycles. The van der Waals surface area contributed by atoms with Gasteiger partial charge in [0.15, 0.2) is 5.75 Å². The number of hydrogen-bond donors (Lipinski definition) is 1. The van der Waals surface area contributed by atoms with E-state index in [2.05, 4.69) is 13.5 Å². The SMILES string of the molecule is C=CCOc1c(OC(=CC)CC)c2ccc(N)cc2n(CCCCCC)c1=O. The van der Waals surface area contributed by atoms with Gasteiger partial charge in [0.2, 0.25) is 5.75 Å². The van der Waals surface area contributed by atoms with Crippen LogP contribution in [0.4, 0.5) is 5.69 Å². The van der Waals surface area contributed by atoms with Crippen LogP contribution in [0.2, 0.25) is 0 Å². The van der Waals surface area contributed by atoms with Crippen LogP contribution < -0.4 is 20.8 Å². The molecule has 5 nitrogen and oxygen atoms in total. The molecule has 0 unspecified atom stereocenters. The average molecular weight is 385 g/mol.